The fourth-order valence-corrected chi connectivity index (χ4v) is 3.30. The second-order valence-corrected chi connectivity index (χ2v) is 8.06. The molecule has 1 aliphatic heterocycles. The summed E-state index contributed by atoms with van der Waals surface area (Å²) in [6.07, 6.45) is -1.81. The molecule has 0 saturated heterocycles. The number of carbonyl (C=O) groups excluding carboxylic acids is 1. The molecule has 170 valence electrons. The van der Waals surface area contributed by atoms with Crippen molar-refractivity contribution in [3.8, 4) is 28.7 Å². The Balaban J connectivity index is 1.72. The van der Waals surface area contributed by atoms with Crippen molar-refractivity contribution in [2.24, 2.45) is 0 Å². The van der Waals surface area contributed by atoms with Gasteiger partial charge in [0.05, 0.1) is 24.3 Å². The summed E-state index contributed by atoms with van der Waals surface area (Å²) in [4.78, 5) is 21.1. The lowest BCUT2D eigenvalue weighted by Crippen LogP contribution is -2.46. The van der Waals surface area contributed by atoms with Gasteiger partial charge in [0.2, 0.25) is 0 Å². The Morgan fingerprint density at radius 2 is 2.06 bits per heavy atom. The summed E-state index contributed by atoms with van der Waals surface area (Å²) >= 11 is 0. The van der Waals surface area contributed by atoms with Gasteiger partial charge in [0, 0.05) is 11.8 Å². The molecule has 2 N–H and O–H groups in total. The number of carbonyl (C=O) groups is 1. The summed E-state index contributed by atoms with van der Waals surface area (Å²) in [5.74, 6) is 0.532. The Labute approximate surface area is 180 Å². The molecule has 2 aromatic heterocycles. The molecule has 0 radical (unpaired) electrons. The molecule has 3 heterocycles. The molecular weight excluding hydrogens is 429 g/mol. The van der Waals surface area contributed by atoms with Crippen molar-refractivity contribution in [2.75, 3.05) is 13.2 Å². The number of aromatic nitrogens is 5. The van der Waals surface area contributed by atoms with Crippen molar-refractivity contribution in [2.45, 2.75) is 38.7 Å². The van der Waals surface area contributed by atoms with Crippen LogP contribution in [0.15, 0.2) is 30.7 Å². The van der Waals surface area contributed by atoms with E-state index in [1.54, 1.807) is 42.8 Å². The number of imidazole rings is 1. The minimum Gasteiger partial charge on any atom is -0.491 e. The number of aliphatic hydroxyl groups excluding tert-OH is 1. The summed E-state index contributed by atoms with van der Waals surface area (Å²) in [6, 6.07) is 4.85. The first kappa shape index (κ1) is 21.8. The number of alkyl halides is 3. The van der Waals surface area contributed by atoms with Gasteiger partial charge in [-0.25, -0.2) is 14.6 Å². The topological polar surface area (TPSA) is 107 Å². The van der Waals surface area contributed by atoms with Crippen molar-refractivity contribution < 1.29 is 27.8 Å². The molecule has 9 nitrogen and oxygen atoms in total. The highest BCUT2D eigenvalue weighted by Crippen LogP contribution is 2.34. The Kier molecular flexibility index (Phi) is 5.41. The highest BCUT2D eigenvalue weighted by atomic mass is 19.4. The van der Waals surface area contributed by atoms with Crippen LogP contribution in [-0.4, -0.2) is 60.3 Å². The minimum atomic E-state index is -4.45. The normalized spacial score (nSPS) is 13.7. The number of benzene rings is 1. The van der Waals surface area contributed by atoms with Gasteiger partial charge in [-0.3, -0.25) is 4.79 Å². The molecule has 1 aromatic carbocycles. The first-order valence-electron chi connectivity index (χ1n) is 9.79. The molecule has 0 bridgehead atoms. The van der Waals surface area contributed by atoms with E-state index >= 15 is 0 Å². The predicted octanol–water partition coefficient (Wildman–Crippen LogP) is 2.26. The van der Waals surface area contributed by atoms with E-state index in [-0.39, 0.29) is 24.0 Å². The first-order chi connectivity index (χ1) is 15.1. The van der Waals surface area contributed by atoms with E-state index in [0.717, 1.165) is 11.0 Å². The molecule has 0 unspecified atom stereocenters. The lowest BCUT2D eigenvalue weighted by molar-refractivity contribution is -0.142. The summed E-state index contributed by atoms with van der Waals surface area (Å²) in [6.45, 7) is 2.58. The van der Waals surface area contributed by atoms with Gasteiger partial charge in [-0.2, -0.15) is 18.3 Å². The maximum absolute atomic E-state index is 12.9. The van der Waals surface area contributed by atoms with Crippen molar-refractivity contribution in [1.82, 2.24) is 29.6 Å². The van der Waals surface area contributed by atoms with Gasteiger partial charge in [0.1, 0.15) is 36.7 Å². The van der Waals surface area contributed by atoms with Gasteiger partial charge in [-0.1, -0.05) is 0 Å². The Morgan fingerprint density at radius 3 is 2.78 bits per heavy atom. The number of aliphatic hydroxyl groups is 1. The number of fused-ring (bicyclic) bond motifs is 3. The molecule has 0 atom stereocenters. The third-order valence-corrected chi connectivity index (χ3v) is 4.87. The Hall–Kier alpha value is -3.41. The van der Waals surface area contributed by atoms with Crippen LogP contribution in [0.25, 0.3) is 22.9 Å². The predicted molar refractivity (Wildman–Crippen MR) is 107 cm³/mol. The number of halogens is 3. The zero-order valence-corrected chi connectivity index (χ0v) is 17.3. The SMILES string of the molecule is CC(C)(CO)NC(=O)c1ccc2c(c1)-c1nc(-c3ncnn3CC(F)(F)F)cn1CCO2. The number of hydrogen-bond donors (Lipinski definition) is 2. The molecule has 1 aliphatic rings. The Bertz CT molecular complexity index is 1150. The molecule has 4 rings (SSSR count). The van der Waals surface area contributed by atoms with Crippen LogP contribution in [0.3, 0.4) is 0 Å². The maximum atomic E-state index is 12.9. The van der Waals surface area contributed by atoms with Crippen molar-refractivity contribution in [1.29, 1.82) is 0 Å². The third-order valence-electron chi connectivity index (χ3n) is 4.87. The number of amides is 1. The van der Waals surface area contributed by atoms with Crippen LogP contribution < -0.4 is 10.1 Å². The second kappa shape index (κ2) is 7.93. The summed E-state index contributed by atoms with van der Waals surface area (Å²) in [5, 5.41) is 15.8. The van der Waals surface area contributed by atoms with Crippen LogP contribution >= 0.6 is 0 Å². The van der Waals surface area contributed by atoms with Gasteiger partial charge in [0.25, 0.3) is 5.91 Å². The third kappa shape index (κ3) is 4.44. The van der Waals surface area contributed by atoms with E-state index < -0.39 is 18.3 Å². The van der Waals surface area contributed by atoms with Crippen molar-refractivity contribution >= 4 is 5.91 Å². The average molecular weight is 450 g/mol. The molecule has 0 fully saturated rings. The van der Waals surface area contributed by atoms with E-state index in [4.69, 9.17) is 4.74 Å². The van der Waals surface area contributed by atoms with Gasteiger partial charge in [-0.05, 0) is 32.0 Å². The highest BCUT2D eigenvalue weighted by molar-refractivity contribution is 5.96. The number of nitrogens with one attached hydrogen (secondary N) is 1. The molecule has 0 aliphatic carbocycles. The first-order valence-corrected chi connectivity index (χ1v) is 9.79. The van der Waals surface area contributed by atoms with E-state index in [2.05, 4.69) is 20.4 Å². The second-order valence-electron chi connectivity index (χ2n) is 8.06. The quantitative estimate of drug-likeness (QED) is 0.618. The fraction of sp³-hybridized carbons (Fsp3) is 0.400. The molecule has 0 saturated carbocycles. The van der Waals surface area contributed by atoms with E-state index in [1.807, 2.05) is 0 Å². The minimum absolute atomic E-state index is 0.0102. The number of rotatable bonds is 5. The zero-order chi connectivity index (χ0) is 23.1. The van der Waals surface area contributed by atoms with Crippen LogP contribution in [0.5, 0.6) is 5.75 Å². The van der Waals surface area contributed by atoms with Gasteiger partial charge >= 0.3 is 6.18 Å². The molecular formula is C20H21F3N6O3. The van der Waals surface area contributed by atoms with Gasteiger partial charge in [0.15, 0.2) is 5.82 Å². The highest BCUT2D eigenvalue weighted by Gasteiger charge is 2.31. The summed E-state index contributed by atoms with van der Waals surface area (Å²) in [7, 11) is 0. The average Bonchev–Trinajstić information content (AvgIpc) is 3.29. The van der Waals surface area contributed by atoms with Crippen LogP contribution in [0.4, 0.5) is 13.2 Å². The zero-order valence-electron chi connectivity index (χ0n) is 17.3. The van der Waals surface area contributed by atoms with Crippen LogP contribution in [0.1, 0.15) is 24.2 Å². The molecule has 12 heteroatoms. The number of hydrogen-bond acceptors (Lipinski definition) is 6. The van der Waals surface area contributed by atoms with Crippen LogP contribution in [0.2, 0.25) is 0 Å². The molecule has 0 spiro atoms. The standard InChI is InChI=1S/C20H21F3N6O3/c1-19(2,10-30)27-18(31)12-3-4-15-13(7-12)16-26-14(8-28(16)5-6-32-15)17-24-11-25-29(17)9-20(21,22)23/h3-4,7-8,11,30H,5-6,9-10H2,1-2H3,(H,27,31). The maximum Gasteiger partial charge on any atom is 0.408 e. The molecule has 3 aromatic rings. The smallest absolute Gasteiger partial charge is 0.408 e. The van der Waals surface area contributed by atoms with E-state index in [9.17, 15) is 23.1 Å². The number of ether oxygens (including phenoxy) is 1. The van der Waals surface area contributed by atoms with E-state index in [1.165, 1.54) is 0 Å². The van der Waals surface area contributed by atoms with Gasteiger partial charge in [-0.15, -0.1) is 0 Å². The van der Waals surface area contributed by atoms with Crippen LogP contribution in [-0.2, 0) is 13.1 Å². The summed E-state index contributed by atoms with van der Waals surface area (Å²) in [5.41, 5.74) is 0.261. The van der Waals surface area contributed by atoms with Crippen molar-refractivity contribution in [3.63, 3.8) is 0 Å². The van der Waals surface area contributed by atoms with Crippen LogP contribution in [0, 0.1) is 0 Å². The molecule has 1 amide bonds. The fourth-order valence-electron chi connectivity index (χ4n) is 3.30. The van der Waals surface area contributed by atoms with Crippen molar-refractivity contribution in [3.05, 3.63) is 36.3 Å². The summed E-state index contributed by atoms with van der Waals surface area (Å²) < 4.78 is 46.9. The van der Waals surface area contributed by atoms with E-state index in [0.29, 0.717) is 35.9 Å². The lowest BCUT2D eigenvalue weighted by atomic mass is 10.0. The van der Waals surface area contributed by atoms with Gasteiger partial charge < -0.3 is 19.7 Å². The number of nitrogens with zero attached hydrogens (tertiary/aromatic N) is 5. The monoisotopic (exact) mass is 450 g/mol. The largest absolute Gasteiger partial charge is 0.491 e. The Morgan fingerprint density at radius 1 is 1.28 bits per heavy atom. The lowest BCUT2D eigenvalue weighted by Gasteiger charge is -2.23. The molecule has 32 heavy (non-hydrogen) atoms.